The number of aryl methyl sites for hydroxylation is 1. The number of aromatic nitrogens is 4. The smallest absolute Gasteiger partial charge is 0.272 e. The number of rotatable bonds is 2. The van der Waals surface area contributed by atoms with Gasteiger partial charge >= 0.3 is 0 Å². The lowest BCUT2D eigenvalue weighted by Gasteiger charge is -2.14. The molecule has 0 aliphatic carbocycles. The number of imidazole rings is 1. The number of fused-ring (bicyclic) bond motifs is 2. The Morgan fingerprint density at radius 3 is 2.85 bits per heavy atom. The maximum absolute atomic E-state index is 13.2. The third-order valence-electron chi connectivity index (χ3n) is 4.24. The Labute approximate surface area is 173 Å². The first-order valence-corrected chi connectivity index (χ1v) is 10.1. The minimum absolute atomic E-state index is 0.0975. The number of hydrogen-bond donors (Lipinski definition) is 1. The lowest BCUT2D eigenvalue weighted by Crippen LogP contribution is -2.21. The molecule has 0 unspecified atom stereocenters. The number of benzene rings is 1. The highest BCUT2D eigenvalue weighted by Crippen LogP contribution is 2.41. The molecule has 4 rings (SSSR count). The van der Waals surface area contributed by atoms with Gasteiger partial charge in [0.05, 0.1) is 31.7 Å². The van der Waals surface area contributed by atoms with Gasteiger partial charge < -0.3 is 9.88 Å². The Bertz CT molecular complexity index is 1190. The molecular weight excluding hydrogens is 475 g/mol. The summed E-state index contributed by atoms with van der Waals surface area (Å²) in [6.45, 7) is 1.91. The summed E-state index contributed by atoms with van der Waals surface area (Å²) < 4.78 is 2.57. The number of nitrogens with zero attached hydrogens (tertiary/aromatic N) is 5. The van der Waals surface area contributed by atoms with E-state index in [1.807, 2.05) is 44.1 Å². The number of H-pyrrole nitrogens is 1. The number of aromatic amines is 1. The fourth-order valence-corrected chi connectivity index (χ4v) is 4.69. The first-order chi connectivity index (χ1) is 12.9. The summed E-state index contributed by atoms with van der Waals surface area (Å²) in [5.74, 6) is 0.842. The quantitative estimate of drug-likeness (QED) is 0.439. The van der Waals surface area contributed by atoms with Crippen molar-refractivity contribution < 1.29 is 0 Å². The van der Waals surface area contributed by atoms with E-state index in [9.17, 15) is 4.79 Å². The molecule has 2 aromatic heterocycles. The lowest BCUT2D eigenvalue weighted by atomic mass is 10.2. The average molecular weight is 492 g/mol. The van der Waals surface area contributed by atoms with Crippen molar-refractivity contribution in [2.24, 2.45) is 4.99 Å². The highest BCUT2D eigenvalue weighted by atomic mass is 127. The Morgan fingerprint density at radius 2 is 2.15 bits per heavy atom. The summed E-state index contributed by atoms with van der Waals surface area (Å²) in [5, 5.41) is 0.810. The summed E-state index contributed by atoms with van der Waals surface area (Å²) in [5.41, 5.74) is 4.02. The number of aliphatic imine (C=N–C) groups is 1. The molecule has 7 nitrogen and oxygen atoms in total. The summed E-state index contributed by atoms with van der Waals surface area (Å²) >= 11 is 3.64. The molecule has 0 atom stereocenters. The van der Waals surface area contributed by atoms with Gasteiger partial charge in [-0.25, -0.2) is 9.97 Å². The van der Waals surface area contributed by atoms with E-state index in [2.05, 4.69) is 42.5 Å². The molecule has 3 heterocycles. The van der Waals surface area contributed by atoms with E-state index in [0.717, 1.165) is 36.9 Å². The van der Waals surface area contributed by atoms with E-state index < -0.39 is 0 Å². The van der Waals surface area contributed by atoms with Crippen molar-refractivity contribution in [3.05, 3.63) is 50.1 Å². The third kappa shape index (κ3) is 2.98. The number of nitrogens with one attached hydrogen (secondary N) is 1. The van der Waals surface area contributed by atoms with Crippen molar-refractivity contribution in [1.82, 2.24) is 24.4 Å². The topological polar surface area (TPSA) is 79.2 Å². The van der Waals surface area contributed by atoms with Crippen LogP contribution in [0.25, 0.3) is 22.3 Å². The Balaban J connectivity index is 1.90. The van der Waals surface area contributed by atoms with E-state index in [1.165, 1.54) is 11.8 Å². The van der Waals surface area contributed by atoms with Gasteiger partial charge in [-0.3, -0.25) is 14.4 Å². The number of halogens is 1. The molecule has 0 fully saturated rings. The molecule has 0 saturated heterocycles. The van der Waals surface area contributed by atoms with E-state index in [-0.39, 0.29) is 5.56 Å². The maximum atomic E-state index is 13.2. The molecule has 1 aliphatic rings. The summed E-state index contributed by atoms with van der Waals surface area (Å²) in [6, 6.07) is 5.70. The molecule has 3 aromatic rings. The Kier molecular flexibility index (Phi) is 4.58. The van der Waals surface area contributed by atoms with Crippen LogP contribution in [-0.4, -0.2) is 50.6 Å². The molecule has 138 valence electrons. The molecule has 0 radical (unpaired) electrons. The van der Waals surface area contributed by atoms with Crippen molar-refractivity contribution in [3.8, 4) is 5.69 Å². The van der Waals surface area contributed by atoms with Crippen LogP contribution < -0.4 is 5.56 Å². The largest absolute Gasteiger partial charge is 0.372 e. The normalized spacial score (nSPS) is 16.9. The van der Waals surface area contributed by atoms with Crippen LogP contribution in [0.1, 0.15) is 11.5 Å². The van der Waals surface area contributed by atoms with E-state index in [0.29, 0.717) is 10.6 Å². The lowest BCUT2D eigenvalue weighted by molar-refractivity contribution is 0.560. The van der Waals surface area contributed by atoms with Gasteiger partial charge in [0.15, 0.2) is 0 Å². The van der Waals surface area contributed by atoms with Crippen LogP contribution in [0.5, 0.6) is 0 Å². The van der Waals surface area contributed by atoms with Crippen LogP contribution in [0.15, 0.2) is 42.9 Å². The highest BCUT2D eigenvalue weighted by Gasteiger charge is 2.31. The SMILES string of the molecule is C/N=C1/Sc2c(ncn(-c3ccc4nc(C)[nH]c4c3)c2=O)/C1=C(/I)N(C)C. The van der Waals surface area contributed by atoms with Crippen molar-refractivity contribution in [3.63, 3.8) is 0 Å². The van der Waals surface area contributed by atoms with Gasteiger partial charge in [0.1, 0.15) is 22.1 Å². The summed E-state index contributed by atoms with van der Waals surface area (Å²) in [4.78, 5) is 32.4. The average Bonchev–Trinajstić information content (AvgIpc) is 3.20. The first kappa shape index (κ1) is 18.2. The predicted octanol–water partition coefficient (Wildman–Crippen LogP) is 3.22. The van der Waals surface area contributed by atoms with Crippen LogP contribution in [0.3, 0.4) is 0 Å². The molecular formula is C18H17IN6OS. The van der Waals surface area contributed by atoms with Gasteiger partial charge in [-0.1, -0.05) is 11.8 Å². The second-order valence-electron chi connectivity index (χ2n) is 6.31. The van der Waals surface area contributed by atoms with Crippen molar-refractivity contribution >= 4 is 56.0 Å². The Hall–Kier alpha value is -2.14. The monoisotopic (exact) mass is 492 g/mol. The second kappa shape index (κ2) is 6.79. The summed E-state index contributed by atoms with van der Waals surface area (Å²) in [6.07, 6.45) is 1.59. The first-order valence-electron chi connectivity index (χ1n) is 8.21. The van der Waals surface area contributed by atoms with Crippen LogP contribution in [0.2, 0.25) is 0 Å². The summed E-state index contributed by atoms with van der Waals surface area (Å²) in [7, 11) is 5.67. The fraction of sp³-hybridized carbons (Fsp3) is 0.222. The minimum Gasteiger partial charge on any atom is -0.372 e. The zero-order valence-electron chi connectivity index (χ0n) is 15.2. The maximum Gasteiger partial charge on any atom is 0.272 e. The van der Waals surface area contributed by atoms with E-state index in [4.69, 9.17) is 0 Å². The van der Waals surface area contributed by atoms with Crippen molar-refractivity contribution in [1.29, 1.82) is 0 Å². The highest BCUT2D eigenvalue weighted by molar-refractivity contribution is 14.1. The van der Waals surface area contributed by atoms with Gasteiger partial charge in [-0.05, 0) is 47.7 Å². The minimum atomic E-state index is -0.0975. The van der Waals surface area contributed by atoms with Crippen LogP contribution in [0, 0.1) is 6.92 Å². The van der Waals surface area contributed by atoms with Crippen LogP contribution in [-0.2, 0) is 0 Å². The second-order valence-corrected chi connectivity index (χ2v) is 8.33. The third-order valence-corrected chi connectivity index (χ3v) is 6.90. The van der Waals surface area contributed by atoms with Crippen molar-refractivity contribution in [2.75, 3.05) is 21.1 Å². The fourth-order valence-electron chi connectivity index (χ4n) is 2.98. The zero-order valence-corrected chi connectivity index (χ0v) is 18.2. The molecule has 1 N–H and O–H groups in total. The number of hydrogen-bond acceptors (Lipinski definition) is 6. The molecule has 0 spiro atoms. The number of thioether (sulfide) groups is 1. The van der Waals surface area contributed by atoms with Crippen molar-refractivity contribution in [2.45, 2.75) is 11.8 Å². The van der Waals surface area contributed by atoms with Gasteiger partial charge in [0.25, 0.3) is 5.56 Å². The van der Waals surface area contributed by atoms with E-state index in [1.54, 1.807) is 17.9 Å². The standard InChI is InChI=1S/C18H17IN6OS/c1-9-22-11-6-5-10(7-12(11)23-9)25-8-21-14-13(16(19)24(3)4)17(20-2)27-15(14)18(25)26/h5-8H,1-4H3,(H,22,23)/b16-13+,20-17+. The van der Waals surface area contributed by atoms with E-state index >= 15 is 0 Å². The molecule has 9 heteroatoms. The van der Waals surface area contributed by atoms with Gasteiger partial charge in [0, 0.05) is 21.1 Å². The van der Waals surface area contributed by atoms with Gasteiger partial charge in [0.2, 0.25) is 0 Å². The molecule has 0 bridgehead atoms. The van der Waals surface area contributed by atoms with Gasteiger partial charge in [-0.15, -0.1) is 0 Å². The molecule has 0 saturated carbocycles. The molecule has 1 aromatic carbocycles. The molecule has 1 aliphatic heterocycles. The van der Waals surface area contributed by atoms with Crippen LogP contribution >= 0.6 is 34.4 Å². The molecule has 27 heavy (non-hydrogen) atoms. The zero-order chi connectivity index (χ0) is 19.3. The Morgan fingerprint density at radius 1 is 1.37 bits per heavy atom. The predicted molar refractivity (Wildman–Crippen MR) is 118 cm³/mol. The van der Waals surface area contributed by atoms with Gasteiger partial charge in [-0.2, -0.15) is 0 Å². The van der Waals surface area contributed by atoms with Crippen LogP contribution in [0.4, 0.5) is 0 Å². The molecule has 0 amide bonds.